The minimum absolute atomic E-state index is 0.0208. The first-order valence-corrected chi connectivity index (χ1v) is 8.75. The molecule has 0 spiro atoms. The highest BCUT2D eigenvalue weighted by atomic mass is 19.4. The van der Waals surface area contributed by atoms with Crippen molar-refractivity contribution in [3.63, 3.8) is 0 Å². The van der Waals surface area contributed by atoms with Gasteiger partial charge in [-0.15, -0.1) is 0 Å². The molecule has 30 heavy (non-hydrogen) atoms. The SMILES string of the molecule is Nc1ncnc2occ(-c3ccc(NCNc4cc(C(F)(F)F)ccc4F)cc3)c12. The zero-order valence-electron chi connectivity index (χ0n) is 15.3. The molecule has 0 aliphatic rings. The van der Waals surface area contributed by atoms with E-state index in [9.17, 15) is 17.6 Å². The summed E-state index contributed by atoms with van der Waals surface area (Å²) in [5.41, 5.74) is 7.35. The van der Waals surface area contributed by atoms with Crippen LogP contribution in [0.3, 0.4) is 0 Å². The van der Waals surface area contributed by atoms with Gasteiger partial charge in [0.05, 0.1) is 23.3 Å². The number of nitrogens with one attached hydrogen (secondary N) is 2. The summed E-state index contributed by atoms with van der Waals surface area (Å²) in [6.07, 6.45) is -1.69. The number of hydrogen-bond acceptors (Lipinski definition) is 6. The zero-order valence-corrected chi connectivity index (χ0v) is 15.3. The summed E-state index contributed by atoms with van der Waals surface area (Å²) in [5.74, 6) is -0.468. The molecule has 10 heteroatoms. The maximum absolute atomic E-state index is 13.8. The zero-order chi connectivity index (χ0) is 21.3. The van der Waals surface area contributed by atoms with Gasteiger partial charge in [0.2, 0.25) is 5.71 Å². The third-order valence-corrected chi connectivity index (χ3v) is 4.46. The Labute approximate surface area is 167 Å². The number of aromatic nitrogens is 2. The Bertz CT molecular complexity index is 1190. The number of anilines is 3. The molecule has 0 radical (unpaired) electrons. The van der Waals surface area contributed by atoms with Crippen LogP contribution in [0.4, 0.5) is 34.8 Å². The summed E-state index contributed by atoms with van der Waals surface area (Å²) in [5, 5.41) is 6.19. The fourth-order valence-electron chi connectivity index (χ4n) is 2.96. The Balaban J connectivity index is 1.45. The molecule has 4 N–H and O–H groups in total. The molecule has 0 atom stereocenters. The van der Waals surface area contributed by atoms with Crippen molar-refractivity contribution in [2.45, 2.75) is 6.18 Å². The second-order valence-electron chi connectivity index (χ2n) is 6.39. The lowest BCUT2D eigenvalue weighted by Crippen LogP contribution is -2.14. The smallest absolute Gasteiger partial charge is 0.416 e. The highest BCUT2D eigenvalue weighted by Gasteiger charge is 2.31. The number of nitrogen functional groups attached to an aromatic ring is 1. The van der Waals surface area contributed by atoms with E-state index in [-0.39, 0.29) is 12.4 Å². The standard InChI is InChI=1S/C20H15F4N5O/c21-15-6-3-12(20(22,23)24)7-16(15)27-9-26-13-4-1-11(2-5-13)14-8-30-19-17(14)18(25)28-10-29-19/h1-8,10,26-27H,9H2,(H2,25,28,29). The van der Waals surface area contributed by atoms with Crippen LogP contribution in [0.1, 0.15) is 5.56 Å². The molecular formula is C20H15F4N5O. The van der Waals surface area contributed by atoms with Crippen molar-refractivity contribution in [2.24, 2.45) is 0 Å². The van der Waals surface area contributed by atoms with Crippen LogP contribution in [-0.4, -0.2) is 16.6 Å². The van der Waals surface area contributed by atoms with Crippen molar-refractivity contribution >= 4 is 28.3 Å². The van der Waals surface area contributed by atoms with Gasteiger partial charge in [0.1, 0.15) is 24.2 Å². The van der Waals surface area contributed by atoms with Crippen molar-refractivity contribution in [3.05, 3.63) is 66.4 Å². The van der Waals surface area contributed by atoms with E-state index < -0.39 is 17.6 Å². The summed E-state index contributed by atoms with van der Waals surface area (Å²) in [7, 11) is 0. The summed E-state index contributed by atoms with van der Waals surface area (Å²) < 4.78 is 57.5. The van der Waals surface area contributed by atoms with Crippen LogP contribution >= 0.6 is 0 Å². The van der Waals surface area contributed by atoms with E-state index >= 15 is 0 Å². The van der Waals surface area contributed by atoms with E-state index in [1.165, 1.54) is 12.6 Å². The number of nitrogens with two attached hydrogens (primary N) is 1. The third-order valence-electron chi connectivity index (χ3n) is 4.46. The van der Waals surface area contributed by atoms with Crippen molar-refractivity contribution in [2.75, 3.05) is 23.0 Å². The average Bonchev–Trinajstić information content (AvgIpc) is 3.15. The topological polar surface area (TPSA) is 89.0 Å². The Morgan fingerprint density at radius 3 is 2.50 bits per heavy atom. The maximum atomic E-state index is 13.8. The van der Waals surface area contributed by atoms with Gasteiger partial charge in [-0.05, 0) is 35.9 Å². The van der Waals surface area contributed by atoms with Gasteiger partial charge in [-0.25, -0.2) is 14.4 Å². The molecule has 6 nitrogen and oxygen atoms in total. The second kappa shape index (κ2) is 7.54. The molecule has 0 saturated carbocycles. The van der Waals surface area contributed by atoms with Crippen LogP contribution in [0.15, 0.2) is 59.5 Å². The maximum Gasteiger partial charge on any atom is 0.416 e. The number of halogens is 4. The van der Waals surface area contributed by atoms with Gasteiger partial charge in [-0.1, -0.05) is 12.1 Å². The molecule has 154 valence electrons. The van der Waals surface area contributed by atoms with Crippen molar-refractivity contribution < 1.29 is 22.0 Å². The molecule has 0 aliphatic carbocycles. The van der Waals surface area contributed by atoms with E-state index in [0.29, 0.717) is 28.7 Å². The van der Waals surface area contributed by atoms with E-state index in [2.05, 4.69) is 20.6 Å². The van der Waals surface area contributed by atoms with Crippen molar-refractivity contribution in [1.82, 2.24) is 9.97 Å². The number of benzene rings is 2. The van der Waals surface area contributed by atoms with Gasteiger partial charge >= 0.3 is 6.18 Å². The number of fused-ring (bicyclic) bond motifs is 1. The van der Waals surface area contributed by atoms with Crippen LogP contribution in [0.25, 0.3) is 22.2 Å². The number of alkyl halides is 3. The summed E-state index contributed by atoms with van der Waals surface area (Å²) in [6.45, 7) is 0.0208. The molecule has 4 aromatic rings. The number of nitrogens with zero attached hydrogens (tertiary/aromatic N) is 2. The number of rotatable bonds is 5. The summed E-state index contributed by atoms with van der Waals surface area (Å²) in [6, 6.07) is 9.36. The second-order valence-corrected chi connectivity index (χ2v) is 6.39. The Kier molecular flexibility index (Phi) is 4.90. The van der Waals surface area contributed by atoms with Gasteiger partial charge in [-0.3, -0.25) is 0 Å². The molecule has 0 fully saturated rings. The Hall–Kier alpha value is -3.82. The highest BCUT2D eigenvalue weighted by molar-refractivity contribution is 5.98. The van der Waals surface area contributed by atoms with Crippen molar-refractivity contribution in [3.8, 4) is 11.1 Å². The predicted molar refractivity (Wildman–Crippen MR) is 105 cm³/mol. The fourth-order valence-corrected chi connectivity index (χ4v) is 2.96. The third kappa shape index (κ3) is 3.84. The lowest BCUT2D eigenvalue weighted by atomic mass is 10.1. The molecule has 2 aromatic heterocycles. The first-order chi connectivity index (χ1) is 14.3. The van der Waals surface area contributed by atoms with Crippen LogP contribution in [-0.2, 0) is 6.18 Å². The van der Waals surface area contributed by atoms with Crippen LogP contribution in [0.5, 0.6) is 0 Å². The molecule has 0 amide bonds. The monoisotopic (exact) mass is 417 g/mol. The molecule has 4 rings (SSSR count). The molecule has 2 heterocycles. The quantitative estimate of drug-likeness (QED) is 0.309. The molecule has 0 aliphatic heterocycles. The van der Waals surface area contributed by atoms with E-state index in [1.807, 2.05) is 12.1 Å². The molecule has 0 bridgehead atoms. The van der Waals surface area contributed by atoms with Crippen LogP contribution in [0.2, 0.25) is 0 Å². The van der Waals surface area contributed by atoms with Crippen molar-refractivity contribution in [1.29, 1.82) is 0 Å². The minimum Gasteiger partial charge on any atom is -0.445 e. The number of furan rings is 1. The van der Waals surface area contributed by atoms with Gasteiger partial charge in [0.15, 0.2) is 0 Å². The van der Waals surface area contributed by atoms with E-state index in [0.717, 1.165) is 23.3 Å². The van der Waals surface area contributed by atoms with Gasteiger partial charge in [0, 0.05) is 11.3 Å². The van der Waals surface area contributed by atoms with E-state index in [1.54, 1.807) is 12.1 Å². The molecular weight excluding hydrogens is 402 g/mol. The summed E-state index contributed by atoms with van der Waals surface area (Å²) >= 11 is 0. The predicted octanol–water partition coefficient (Wildman–Crippen LogP) is 5.11. The van der Waals surface area contributed by atoms with Crippen LogP contribution in [0, 0.1) is 5.82 Å². The lowest BCUT2D eigenvalue weighted by molar-refractivity contribution is -0.137. The van der Waals surface area contributed by atoms with Gasteiger partial charge < -0.3 is 20.8 Å². The summed E-state index contributed by atoms with van der Waals surface area (Å²) in [4.78, 5) is 7.99. The molecule has 0 saturated heterocycles. The highest BCUT2D eigenvalue weighted by Crippen LogP contribution is 2.33. The molecule has 0 unspecified atom stereocenters. The molecule has 2 aromatic carbocycles. The van der Waals surface area contributed by atoms with Gasteiger partial charge in [0.25, 0.3) is 0 Å². The Morgan fingerprint density at radius 2 is 1.77 bits per heavy atom. The van der Waals surface area contributed by atoms with Crippen LogP contribution < -0.4 is 16.4 Å². The first-order valence-electron chi connectivity index (χ1n) is 8.75. The Morgan fingerprint density at radius 1 is 1.00 bits per heavy atom. The lowest BCUT2D eigenvalue weighted by Gasteiger charge is -2.13. The average molecular weight is 417 g/mol. The largest absolute Gasteiger partial charge is 0.445 e. The van der Waals surface area contributed by atoms with Gasteiger partial charge in [-0.2, -0.15) is 13.2 Å². The van der Waals surface area contributed by atoms with E-state index in [4.69, 9.17) is 10.2 Å². The number of hydrogen-bond donors (Lipinski definition) is 3. The normalized spacial score (nSPS) is 11.6. The minimum atomic E-state index is -4.54. The fraction of sp³-hybridized carbons (Fsp3) is 0.100. The first kappa shape index (κ1) is 19.5.